The maximum absolute atomic E-state index is 12.9. The van der Waals surface area contributed by atoms with Crippen molar-refractivity contribution in [1.82, 2.24) is 4.90 Å². The number of nitrogens with zero attached hydrogens (tertiary/aromatic N) is 1. The van der Waals surface area contributed by atoms with Gasteiger partial charge >= 0.3 is 0 Å². The largest absolute Gasteiger partial charge is 0.497 e. The lowest BCUT2D eigenvalue weighted by Gasteiger charge is -2.15. The van der Waals surface area contributed by atoms with Gasteiger partial charge in [0.25, 0.3) is 11.8 Å². The number of methoxy groups -OCH3 is 3. The van der Waals surface area contributed by atoms with Crippen molar-refractivity contribution in [1.29, 1.82) is 0 Å². The van der Waals surface area contributed by atoms with E-state index < -0.39 is 5.91 Å². The van der Waals surface area contributed by atoms with Gasteiger partial charge < -0.3 is 19.5 Å². The molecule has 0 fully saturated rings. The van der Waals surface area contributed by atoms with Crippen LogP contribution in [0, 0.1) is 0 Å². The van der Waals surface area contributed by atoms with Crippen LogP contribution < -0.4 is 14.8 Å². The van der Waals surface area contributed by atoms with Crippen LogP contribution in [0.3, 0.4) is 0 Å². The zero-order chi connectivity index (χ0) is 19.4. The summed E-state index contributed by atoms with van der Waals surface area (Å²) >= 11 is 1.40. The lowest BCUT2D eigenvalue weighted by Crippen LogP contribution is -2.35. The third-order valence-electron chi connectivity index (χ3n) is 4.12. The molecule has 7 nitrogen and oxygen atoms in total. The van der Waals surface area contributed by atoms with Gasteiger partial charge in [-0.1, -0.05) is 6.07 Å². The Kier molecular flexibility index (Phi) is 5.78. The first-order valence-corrected chi connectivity index (χ1v) is 9.11. The molecule has 1 aliphatic heterocycles. The molecule has 0 unspecified atom stereocenters. The third-order valence-corrected chi connectivity index (χ3v) is 5.01. The quantitative estimate of drug-likeness (QED) is 0.701. The van der Waals surface area contributed by atoms with Crippen LogP contribution in [0.25, 0.3) is 5.57 Å². The van der Waals surface area contributed by atoms with Gasteiger partial charge in [-0.3, -0.25) is 14.5 Å². The van der Waals surface area contributed by atoms with Crippen molar-refractivity contribution in [3.63, 3.8) is 0 Å². The van der Waals surface area contributed by atoms with Gasteiger partial charge in [-0.2, -0.15) is 0 Å². The molecule has 0 atom stereocenters. The number of anilines is 1. The minimum atomic E-state index is -0.398. The number of imide groups is 1. The maximum Gasteiger partial charge on any atom is 0.278 e. The summed E-state index contributed by atoms with van der Waals surface area (Å²) in [5.41, 5.74) is 1.09. The molecule has 8 heteroatoms. The van der Waals surface area contributed by atoms with E-state index in [1.54, 1.807) is 25.3 Å². The number of carbonyl (C=O) groups is 2. The fraction of sp³-hybridized carbons (Fsp3) is 0.263. The SMILES string of the molecule is COCCN1C(=O)C(Nc2cc(OC)ccc2OC)=C(c2cccs2)C1=O. The number of hydrogen-bond acceptors (Lipinski definition) is 7. The van der Waals surface area contributed by atoms with E-state index in [1.165, 1.54) is 30.5 Å². The standard InChI is InChI=1S/C19H20N2O5S/c1-24-9-8-21-18(22)16(15-5-4-10-27-15)17(19(21)23)20-13-11-12(25-2)6-7-14(13)26-3/h4-7,10-11,20H,8-9H2,1-3H3. The minimum Gasteiger partial charge on any atom is -0.497 e. The fourth-order valence-electron chi connectivity index (χ4n) is 2.77. The van der Waals surface area contributed by atoms with Crippen LogP contribution in [0.1, 0.15) is 4.88 Å². The summed E-state index contributed by atoms with van der Waals surface area (Å²) in [6, 6.07) is 8.86. The molecule has 0 radical (unpaired) electrons. The Morgan fingerprint density at radius 1 is 1.07 bits per heavy atom. The summed E-state index contributed by atoms with van der Waals surface area (Å²) in [5, 5.41) is 4.95. The molecule has 2 heterocycles. The average molecular weight is 388 g/mol. The second kappa shape index (κ2) is 8.24. The first-order valence-electron chi connectivity index (χ1n) is 8.23. The van der Waals surface area contributed by atoms with E-state index in [-0.39, 0.29) is 24.8 Å². The normalized spacial score (nSPS) is 14.1. The molecule has 3 rings (SSSR count). The molecule has 1 N–H and O–H groups in total. The van der Waals surface area contributed by atoms with Crippen LogP contribution in [0.15, 0.2) is 41.4 Å². The number of ether oxygens (including phenoxy) is 3. The Hall–Kier alpha value is -2.84. The van der Waals surface area contributed by atoms with Crippen LogP contribution in [0.4, 0.5) is 5.69 Å². The Balaban J connectivity index is 2.04. The Labute approximate surface area is 161 Å². The molecule has 142 valence electrons. The van der Waals surface area contributed by atoms with Gasteiger partial charge in [0, 0.05) is 18.1 Å². The van der Waals surface area contributed by atoms with Gasteiger partial charge in [-0.25, -0.2) is 0 Å². The van der Waals surface area contributed by atoms with Gasteiger partial charge in [-0.05, 0) is 23.6 Å². The molecule has 2 aromatic rings. The average Bonchev–Trinajstić information content (AvgIpc) is 3.28. The molecule has 0 spiro atoms. The monoisotopic (exact) mass is 388 g/mol. The van der Waals surface area contributed by atoms with Crippen LogP contribution in [-0.4, -0.2) is 51.2 Å². The van der Waals surface area contributed by atoms with Crippen LogP contribution in [0.5, 0.6) is 11.5 Å². The molecule has 0 saturated heterocycles. The number of nitrogens with one attached hydrogen (secondary N) is 1. The van der Waals surface area contributed by atoms with Crippen molar-refractivity contribution in [2.75, 3.05) is 39.8 Å². The van der Waals surface area contributed by atoms with E-state index in [2.05, 4.69) is 5.32 Å². The lowest BCUT2D eigenvalue weighted by atomic mass is 10.1. The zero-order valence-corrected chi connectivity index (χ0v) is 16.1. The number of thiophene rings is 1. The minimum absolute atomic E-state index is 0.184. The summed E-state index contributed by atoms with van der Waals surface area (Å²) in [4.78, 5) is 27.8. The first-order chi connectivity index (χ1) is 13.1. The summed E-state index contributed by atoms with van der Waals surface area (Å²) in [7, 11) is 4.62. The molecule has 27 heavy (non-hydrogen) atoms. The summed E-state index contributed by atoms with van der Waals surface area (Å²) in [5.74, 6) is 0.392. The number of amides is 2. The second-order valence-electron chi connectivity index (χ2n) is 5.67. The highest BCUT2D eigenvalue weighted by Crippen LogP contribution is 2.36. The van der Waals surface area contributed by atoms with E-state index in [9.17, 15) is 9.59 Å². The molecular weight excluding hydrogens is 368 g/mol. The van der Waals surface area contributed by atoms with Crippen molar-refractivity contribution in [2.45, 2.75) is 0 Å². The van der Waals surface area contributed by atoms with E-state index in [4.69, 9.17) is 14.2 Å². The molecule has 2 amide bonds. The van der Waals surface area contributed by atoms with Crippen LogP contribution in [-0.2, 0) is 14.3 Å². The Morgan fingerprint density at radius 3 is 2.52 bits per heavy atom. The molecule has 0 bridgehead atoms. The highest BCUT2D eigenvalue weighted by Gasteiger charge is 2.39. The maximum atomic E-state index is 12.9. The summed E-state index contributed by atoms with van der Waals surface area (Å²) in [6.45, 7) is 0.453. The Morgan fingerprint density at radius 2 is 1.89 bits per heavy atom. The lowest BCUT2D eigenvalue weighted by molar-refractivity contribution is -0.137. The smallest absolute Gasteiger partial charge is 0.278 e. The predicted molar refractivity (Wildman–Crippen MR) is 103 cm³/mol. The molecule has 1 aromatic carbocycles. The highest BCUT2D eigenvalue weighted by molar-refractivity contribution is 7.11. The topological polar surface area (TPSA) is 77.1 Å². The molecule has 1 aliphatic rings. The number of carbonyl (C=O) groups excluding carboxylic acids is 2. The third kappa shape index (κ3) is 3.67. The van der Waals surface area contributed by atoms with Crippen molar-refractivity contribution in [3.05, 3.63) is 46.3 Å². The number of benzene rings is 1. The van der Waals surface area contributed by atoms with Gasteiger partial charge in [0.05, 0.1) is 38.6 Å². The van der Waals surface area contributed by atoms with Gasteiger partial charge in [0.2, 0.25) is 0 Å². The van der Waals surface area contributed by atoms with Crippen molar-refractivity contribution in [3.8, 4) is 11.5 Å². The molecule has 1 aromatic heterocycles. The fourth-order valence-corrected chi connectivity index (χ4v) is 3.54. The van der Waals surface area contributed by atoms with E-state index in [0.717, 1.165) is 4.88 Å². The number of rotatable bonds is 8. The molecule has 0 saturated carbocycles. The van der Waals surface area contributed by atoms with Crippen molar-refractivity contribution >= 4 is 34.4 Å². The zero-order valence-electron chi connectivity index (χ0n) is 15.3. The van der Waals surface area contributed by atoms with Crippen LogP contribution >= 0.6 is 11.3 Å². The van der Waals surface area contributed by atoms with Crippen molar-refractivity contribution < 1.29 is 23.8 Å². The van der Waals surface area contributed by atoms with E-state index in [0.29, 0.717) is 22.8 Å². The number of hydrogen-bond donors (Lipinski definition) is 1. The predicted octanol–water partition coefficient (Wildman–Crippen LogP) is 2.60. The summed E-state index contributed by atoms with van der Waals surface area (Å²) in [6.07, 6.45) is 0. The van der Waals surface area contributed by atoms with Gasteiger partial charge in [0.15, 0.2) is 0 Å². The second-order valence-corrected chi connectivity index (χ2v) is 6.62. The summed E-state index contributed by atoms with van der Waals surface area (Å²) < 4.78 is 15.6. The van der Waals surface area contributed by atoms with Gasteiger partial charge in [0.1, 0.15) is 17.2 Å². The Bertz CT molecular complexity index is 876. The van der Waals surface area contributed by atoms with Gasteiger partial charge in [-0.15, -0.1) is 11.3 Å². The van der Waals surface area contributed by atoms with Crippen LogP contribution in [0.2, 0.25) is 0 Å². The van der Waals surface area contributed by atoms with E-state index >= 15 is 0 Å². The first kappa shape index (κ1) is 18.9. The van der Waals surface area contributed by atoms with Crippen molar-refractivity contribution in [2.24, 2.45) is 0 Å². The molecular formula is C19H20N2O5S. The van der Waals surface area contributed by atoms with E-state index in [1.807, 2.05) is 17.5 Å². The molecule has 0 aliphatic carbocycles. The highest BCUT2D eigenvalue weighted by atomic mass is 32.1.